The van der Waals surface area contributed by atoms with E-state index in [4.69, 9.17) is 43.8 Å². The quantitative estimate of drug-likeness (QED) is 0.162. The first kappa shape index (κ1) is 33.7. The van der Waals surface area contributed by atoms with E-state index in [9.17, 15) is 23.9 Å². The standard InChI is InChI=1S/C25H33N11O12P2/c1-11-17-13(46-23(11)35-9-30-14-19(26)28-8-29-20(14)35)7-43-49(39,34-2-4-42-5-3-34)47-18-16(37)12(6-44-50(40,41)48-17)45-24(18)36-10-31-15-21(36)32-25(27)33-22(15)38/h8-13,16-18,23-24,37H,2-7H2,1H3,(H,40,41)(H2,26,28,29)(H3,27,32,33,38)/t11-,12+,13+,16?,17?,18-,23+,24+,49?/m0/s1. The van der Waals surface area contributed by atoms with E-state index in [1.807, 2.05) is 0 Å². The van der Waals surface area contributed by atoms with Gasteiger partial charge in [0, 0.05) is 19.0 Å². The first-order chi connectivity index (χ1) is 23.9. The van der Waals surface area contributed by atoms with Crippen molar-refractivity contribution in [2.75, 3.05) is 51.0 Å². The maximum Gasteiger partial charge on any atom is 0.472 e. The van der Waals surface area contributed by atoms with Crippen LogP contribution in [0.5, 0.6) is 0 Å². The Labute approximate surface area is 281 Å². The number of aliphatic hydroxyl groups excluding tert-OH is 1. The van der Waals surface area contributed by atoms with Gasteiger partial charge >= 0.3 is 15.6 Å². The van der Waals surface area contributed by atoms with Crippen LogP contribution in [-0.4, -0.2) is 124 Å². The zero-order valence-corrected chi connectivity index (χ0v) is 28.0. The molecule has 4 saturated heterocycles. The first-order valence-corrected chi connectivity index (χ1v) is 18.5. The van der Waals surface area contributed by atoms with Gasteiger partial charge in [0.2, 0.25) is 5.95 Å². The van der Waals surface area contributed by atoms with E-state index >= 15 is 0 Å². The number of morpholine rings is 1. The van der Waals surface area contributed by atoms with Crippen molar-refractivity contribution in [1.82, 2.24) is 43.7 Å². The predicted octanol–water partition coefficient (Wildman–Crippen LogP) is -0.726. The molecule has 4 fully saturated rings. The molecule has 7 N–H and O–H groups in total. The lowest BCUT2D eigenvalue weighted by Crippen LogP contribution is -2.40. The molecule has 2 bridgehead atoms. The molecule has 4 aliphatic heterocycles. The highest BCUT2D eigenvalue weighted by atomic mass is 31.2. The molecule has 4 aromatic heterocycles. The molecule has 23 nitrogen and oxygen atoms in total. The molecule has 0 amide bonds. The van der Waals surface area contributed by atoms with Crippen molar-refractivity contribution < 1.29 is 51.4 Å². The van der Waals surface area contributed by atoms with Crippen LogP contribution in [-0.2, 0) is 41.4 Å². The Morgan fingerprint density at radius 3 is 2.38 bits per heavy atom. The summed E-state index contributed by atoms with van der Waals surface area (Å²) in [5, 5.41) is 11.5. The molecular formula is C25H33N11O12P2. The number of phosphoric ester groups is 1. The van der Waals surface area contributed by atoms with E-state index in [2.05, 4.69) is 29.9 Å². The Balaban J connectivity index is 1.17. The molecule has 8 rings (SSSR count). The third-order valence-electron chi connectivity index (χ3n) is 9.00. The van der Waals surface area contributed by atoms with Gasteiger partial charge in [0.1, 0.15) is 48.6 Å². The number of aromatic amines is 1. The zero-order valence-electron chi connectivity index (χ0n) is 26.2. The monoisotopic (exact) mass is 741 g/mol. The van der Waals surface area contributed by atoms with E-state index < -0.39 is 83.2 Å². The summed E-state index contributed by atoms with van der Waals surface area (Å²) in [4.78, 5) is 46.6. The molecule has 0 saturated carbocycles. The molecule has 0 aliphatic carbocycles. The number of H-pyrrole nitrogens is 1. The summed E-state index contributed by atoms with van der Waals surface area (Å²) in [5.41, 5.74) is 11.7. The van der Waals surface area contributed by atoms with Crippen molar-refractivity contribution in [3.05, 3.63) is 29.3 Å². The summed E-state index contributed by atoms with van der Waals surface area (Å²) in [7, 11) is -9.28. The zero-order chi connectivity index (χ0) is 34.9. The van der Waals surface area contributed by atoms with E-state index in [-0.39, 0.29) is 49.2 Å². The molecule has 4 unspecified atom stereocenters. The number of rotatable bonds is 3. The summed E-state index contributed by atoms with van der Waals surface area (Å²) in [6.45, 7) is 1.25. The molecular weight excluding hydrogens is 708 g/mol. The molecule has 50 heavy (non-hydrogen) atoms. The van der Waals surface area contributed by atoms with Crippen LogP contribution in [0.15, 0.2) is 23.8 Å². The van der Waals surface area contributed by atoms with Crippen molar-refractivity contribution in [2.24, 2.45) is 5.92 Å². The van der Waals surface area contributed by atoms with Crippen LogP contribution < -0.4 is 17.0 Å². The Bertz CT molecular complexity index is 2070. The van der Waals surface area contributed by atoms with E-state index in [0.29, 0.717) is 11.2 Å². The molecule has 270 valence electrons. The number of anilines is 2. The van der Waals surface area contributed by atoms with Gasteiger partial charge in [0.25, 0.3) is 5.56 Å². The summed E-state index contributed by atoms with van der Waals surface area (Å²) in [5.74, 6) is -0.734. The minimum absolute atomic E-state index is 0.0284. The largest absolute Gasteiger partial charge is 0.472 e. The molecule has 4 aliphatic rings. The first-order valence-electron chi connectivity index (χ1n) is 15.5. The smallest absolute Gasteiger partial charge is 0.387 e. The van der Waals surface area contributed by atoms with Crippen molar-refractivity contribution in [3.8, 4) is 0 Å². The van der Waals surface area contributed by atoms with Gasteiger partial charge in [-0.1, -0.05) is 6.92 Å². The number of aliphatic hydroxyl groups is 1. The van der Waals surface area contributed by atoms with E-state index in [1.165, 1.54) is 28.2 Å². The minimum atomic E-state index is -4.90. The lowest BCUT2D eigenvalue weighted by molar-refractivity contribution is -0.0674. The number of imidazole rings is 2. The second kappa shape index (κ2) is 12.7. The van der Waals surface area contributed by atoms with Crippen LogP contribution in [0.25, 0.3) is 22.3 Å². The number of nitrogens with two attached hydrogens (primary N) is 2. The summed E-state index contributed by atoms with van der Waals surface area (Å²) < 4.78 is 74.0. The second-order valence-corrected chi connectivity index (χ2v) is 15.5. The number of nitrogens with zero attached hydrogens (tertiary/aromatic N) is 8. The lowest BCUT2D eigenvalue weighted by Gasteiger charge is -2.36. The van der Waals surface area contributed by atoms with E-state index in [0.717, 1.165) is 0 Å². The highest BCUT2D eigenvalue weighted by Crippen LogP contribution is 2.58. The molecule has 0 aromatic carbocycles. The third kappa shape index (κ3) is 5.82. The van der Waals surface area contributed by atoms with Gasteiger partial charge in [-0.2, -0.15) is 4.98 Å². The Morgan fingerprint density at radius 1 is 0.900 bits per heavy atom. The number of nitrogens with one attached hydrogen (secondary N) is 1. The van der Waals surface area contributed by atoms with Gasteiger partial charge < -0.3 is 35.7 Å². The number of nitrogen functional groups attached to an aromatic ring is 2. The minimum Gasteiger partial charge on any atom is -0.387 e. The topological polar surface area (TPSA) is 302 Å². The number of hydrogen-bond acceptors (Lipinski definition) is 18. The summed E-state index contributed by atoms with van der Waals surface area (Å²) >= 11 is 0. The second-order valence-electron chi connectivity index (χ2n) is 12.1. The number of ether oxygens (including phenoxy) is 3. The third-order valence-corrected chi connectivity index (χ3v) is 12.1. The Morgan fingerprint density at radius 2 is 1.60 bits per heavy atom. The number of hydrogen-bond donors (Lipinski definition) is 5. The van der Waals surface area contributed by atoms with Gasteiger partial charge in [-0.3, -0.25) is 37.0 Å². The fourth-order valence-electron chi connectivity index (χ4n) is 6.53. The molecule has 8 heterocycles. The average molecular weight is 742 g/mol. The Kier molecular flexibility index (Phi) is 8.52. The predicted molar refractivity (Wildman–Crippen MR) is 167 cm³/mol. The number of aromatic nitrogens is 8. The molecule has 25 heteroatoms. The summed E-state index contributed by atoms with van der Waals surface area (Å²) in [6.07, 6.45) is -4.99. The van der Waals surface area contributed by atoms with Gasteiger partial charge in [-0.25, -0.2) is 33.7 Å². The van der Waals surface area contributed by atoms with Crippen LogP contribution in [0, 0.1) is 5.92 Å². The SMILES string of the molecule is C[C@H]1C2OP(=O)(O)OC[C@H]3O[C@@H](n4cnc5c(=O)[nH]c(N)nc54)[C@@H](OP(=O)(N4CCOCC4)OC[C@H]2O[C@H]1n1cnc2c(N)ncnc21)C3O. The maximum absolute atomic E-state index is 14.9. The highest BCUT2D eigenvalue weighted by Gasteiger charge is 2.54. The number of phosphoric acid groups is 1. The van der Waals surface area contributed by atoms with Crippen LogP contribution >= 0.6 is 15.6 Å². The number of fused-ring (bicyclic) bond motifs is 5. The Hall–Kier alpha value is -3.44. The maximum atomic E-state index is 14.9. The molecule has 10 atom stereocenters. The summed E-state index contributed by atoms with van der Waals surface area (Å²) in [6, 6.07) is 0. The highest BCUT2D eigenvalue weighted by molar-refractivity contribution is 7.51. The molecule has 0 radical (unpaired) electrons. The van der Waals surface area contributed by atoms with Crippen molar-refractivity contribution in [1.29, 1.82) is 0 Å². The van der Waals surface area contributed by atoms with Gasteiger partial charge in [0.05, 0.1) is 39.1 Å². The molecule has 4 aromatic rings. The molecule has 0 spiro atoms. The van der Waals surface area contributed by atoms with Crippen LogP contribution in [0.1, 0.15) is 19.4 Å². The van der Waals surface area contributed by atoms with Gasteiger partial charge in [-0.05, 0) is 0 Å². The normalized spacial score (nSPS) is 37.3. The van der Waals surface area contributed by atoms with Crippen LogP contribution in [0.2, 0.25) is 0 Å². The fourth-order valence-corrected chi connectivity index (χ4v) is 9.44. The van der Waals surface area contributed by atoms with Crippen LogP contribution in [0.3, 0.4) is 0 Å². The van der Waals surface area contributed by atoms with E-state index in [1.54, 1.807) is 11.5 Å². The average Bonchev–Trinajstić information content (AvgIpc) is 3.85. The van der Waals surface area contributed by atoms with Gasteiger partial charge in [0.15, 0.2) is 28.9 Å². The van der Waals surface area contributed by atoms with Crippen molar-refractivity contribution in [2.45, 2.75) is 49.9 Å². The van der Waals surface area contributed by atoms with Gasteiger partial charge in [-0.15, -0.1) is 0 Å². The van der Waals surface area contributed by atoms with Crippen molar-refractivity contribution in [3.63, 3.8) is 0 Å². The van der Waals surface area contributed by atoms with Crippen molar-refractivity contribution >= 4 is 49.7 Å². The lowest BCUT2D eigenvalue weighted by atomic mass is 10.0. The van der Waals surface area contributed by atoms with Crippen LogP contribution in [0.4, 0.5) is 11.8 Å². The fraction of sp³-hybridized carbons (Fsp3) is 0.600.